The molecule has 2 N–H and O–H groups in total. The Morgan fingerprint density at radius 3 is 2.36 bits per heavy atom. The number of nitrogens with one attached hydrogen (secondary N) is 1. The Balaban J connectivity index is 2.01. The van der Waals surface area contributed by atoms with Gasteiger partial charge in [0.2, 0.25) is 0 Å². The number of hydrogen-bond acceptors (Lipinski definition) is 3. The summed E-state index contributed by atoms with van der Waals surface area (Å²) in [5.41, 5.74) is 1.11. The smallest absolute Gasteiger partial charge is 0.270 e. The molecule has 144 valence electrons. The van der Waals surface area contributed by atoms with Crippen LogP contribution in [0, 0.1) is 12.7 Å². The number of hydrogen-bond donors (Lipinski definition) is 2. The number of carbonyl (C=O) groups excluding carboxylic acids is 1. The van der Waals surface area contributed by atoms with E-state index < -0.39 is 24.2 Å². The molecule has 0 radical (unpaired) electrons. The third-order valence-electron chi connectivity index (χ3n) is 4.22. The SMILES string of the molecule is Cc1cccc(C(=O)N[C@@H](c2ccc(C(F)F)cc2)c2cc(F)ccc2O)n1. The van der Waals surface area contributed by atoms with E-state index in [4.69, 9.17) is 0 Å². The van der Waals surface area contributed by atoms with E-state index in [0.717, 1.165) is 12.1 Å². The third kappa shape index (κ3) is 4.31. The topological polar surface area (TPSA) is 62.2 Å². The van der Waals surface area contributed by atoms with Gasteiger partial charge in [-0.05, 0) is 42.8 Å². The van der Waals surface area contributed by atoms with Crippen molar-refractivity contribution in [1.82, 2.24) is 10.3 Å². The fourth-order valence-electron chi connectivity index (χ4n) is 2.81. The van der Waals surface area contributed by atoms with Crippen molar-refractivity contribution >= 4 is 5.91 Å². The maximum atomic E-state index is 13.8. The minimum atomic E-state index is -2.64. The standard InChI is InChI=1S/C21H17F3N2O2/c1-12-3-2-4-17(25-12)21(28)26-19(16-11-15(22)9-10-18(16)27)13-5-7-14(8-6-13)20(23)24/h2-11,19-20,27H,1H3,(H,26,28)/t19-/m0/s1. The molecule has 1 atom stereocenters. The predicted molar refractivity (Wildman–Crippen MR) is 97.7 cm³/mol. The van der Waals surface area contributed by atoms with Crippen molar-refractivity contribution in [3.05, 3.63) is 94.6 Å². The van der Waals surface area contributed by atoms with Gasteiger partial charge in [0.15, 0.2) is 0 Å². The van der Waals surface area contributed by atoms with Gasteiger partial charge in [-0.25, -0.2) is 18.2 Å². The quantitative estimate of drug-likeness (QED) is 0.669. The first-order valence-electron chi connectivity index (χ1n) is 8.46. The van der Waals surface area contributed by atoms with E-state index in [1.165, 1.54) is 36.4 Å². The second-order valence-electron chi connectivity index (χ2n) is 6.24. The van der Waals surface area contributed by atoms with E-state index >= 15 is 0 Å². The summed E-state index contributed by atoms with van der Waals surface area (Å²) < 4.78 is 39.5. The highest BCUT2D eigenvalue weighted by Gasteiger charge is 2.22. The first kappa shape index (κ1) is 19.4. The summed E-state index contributed by atoms with van der Waals surface area (Å²) >= 11 is 0. The van der Waals surface area contributed by atoms with Crippen LogP contribution in [-0.2, 0) is 0 Å². The Hall–Kier alpha value is -3.35. The zero-order chi connectivity index (χ0) is 20.3. The van der Waals surface area contributed by atoms with Crippen LogP contribution in [0.15, 0.2) is 60.7 Å². The van der Waals surface area contributed by atoms with Crippen molar-refractivity contribution in [2.45, 2.75) is 19.4 Å². The fourth-order valence-corrected chi connectivity index (χ4v) is 2.81. The molecule has 0 unspecified atom stereocenters. The van der Waals surface area contributed by atoms with Gasteiger partial charge in [0.25, 0.3) is 12.3 Å². The Bertz CT molecular complexity index is 991. The van der Waals surface area contributed by atoms with Gasteiger partial charge >= 0.3 is 0 Å². The molecule has 0 spiro atoms. The van der Waals surface area contributed by atoms with Gasteiger partial charge in [-0.1, -0.05) is 30.3 Å². The third-order valence-corrected chi connectivity index (χ3v) is 4.22. The lowest BCUT2D eigenvalue weighted by atomic mass is 9.96. The van der Waals surface area contributed by atoms with Crippen molar-refractivity contribution in [3.8, 4) is 5.75 Å². The van der Waals surface area contributed by atoms with Crippen molar-refractivity contribution in [3.63, 3.8) is 0 Å². The average molecular weight is 386 g/mol. The van der Waals surface area contributed by atoms with Crippen LogP contribution in [0.25, 0.3) is 0 Å². The normalized spacial score (nSPS) is 12.0. The lowest BCUT2D eigenvalue weighted by Crippen LogP contribution is -2.30. The molecule has 2 aromatic carbocycles. The Morgan fingerprint density at radius 2 is 1.71 bits per heavy atom. The molecule has 3 aromatic rings. The molecule has 4 nitrogen and oxygen atoms in total. The second kappa shape index (κ2) is 8.12. The zero-order valence-corrected chi connectivity index (χ0v) is 14.9. The first-order chi connectivity index (χ1) is 13.3. The zero-order valence-electron chi connectivity index (χ0n) is 14.9. The molecule has 28 heavy (non-hydrogen) atoms. The molecular weight excluding hydrogens is 369 g/mol. The summed E-state index contributed by atoms with van der Waals surface area (Å²) in [5.74, 6) is -1.39. The summed E-state index contributed by atoms with van der Waals surface area (Å²) in [6.07, 6.45) is -2.64. The fraction of sp³-hybridized carbons (Fsp3) is 0.143. The molecule has 0 aliphatic heterocycles. The summed E-state index contributed by atoms with van der Waals surface area (Å²) in [4.78, 5) is 16.8. The largest absolute Gasteiger partial charge is 0.508 e. The molecule has 1 heterocycles. The molecule has 0 bridgehead atoms. The summed E-state index contributed by atoms with van der Waals surface area (Å²) in [6, 6.07) is 12.6. The monoisotopic (exact) mass is 386 g/mol. The van der Waals surface area contributed by atoms with Gasteiger partial charge in [0, 0.05) is 16.8 Å². The number of phenols is 1. The number of nitrogens with zero attached hydrogens (tertiary/aromatic N) is 1. The van der Waals surface area contributed by atoms with Gasteiger partial charge in [-0.3, -0.25) is 4.79 Å². The lowest BCUT2D eigenvalue weighted by Gasteiger charge is -2.21. The Labute approximate surface area is 159 Å². The van der Waals surface area contributed by atoms with E-state index in [2.05, 4.69) is 10.3 Å². The summed E-state index contributed by atoms with van der Waals surface area (Å²) in [7, 11) is 0. The number of aryl methyl sites for hydroxylation is 1. The number of alkyl halides is 2. The molecular formula is C21H17F3N2O2. The van der Waals surface area contributed by atoms with Crippen LogP contribution >= 0.6 is 0 Å². The number of carbonyl (C=O) groups is 1. The van der Waals surface area contributed by atoms with E-state index in [1.807, 2.05) is 0 Å². The second-order valence-corrected chi connectivity index (χ2v) is 6.24. The number of benzene rings is 2. The van der Waals surface area contributed by atoms with Crippen LogP contribution < -0.4 is 5.32 Å². The van der Waals surface area contributed by atoms with Crippen LogP contribution in [0.5, 0.6) is 5.75 Å². The molecule has 0 saturated carbocycles. The van der Waals surface area contributed by atoms with E-state index in [1.54, 1.807) is 19.1 Å². The lowest BCUT2D eigenvalue weighted by molar-refractivity contribution is 0.0937. The number of aromatic nitrogens is 1. The number of amides is 1. The van der Waals surface area contributed by atoms with Gasteiger partial charge in [-0.15, -0.1) is 0 Å². The van der Waals surface area contributed by atoms with Crippen molar-refractivity contribution < 1.29 is 23.1 Å². The molecule has 3 rings (SSSR count). The van der Waals surface area contributed by atoms with Crippen molar-refractivity contribution in [2.75, 3.05) is 0 Å². The van der Waals surface area contributed by atoms with Crippen molar-refractivity contribution in [2.24, 2.45) is 0 Å². The van der Waals surface area contributed by atoms with Gasteiger partial charge in [0.05, 0.1) is 6.04 Å². The molecule has 0 aliphatic rings. The highest BCUT2D eigenvalue weighted by molar-refractivity contribution is 5.92. The molecule has 0 fully saturated rings. The van der Waals surface area contributed by atoms with E-state index in [9.17, 15) is 23.1 Å². The molecule has 0 saturated heterocycles. The molecule has 1 aromatic heterocycles. The number of aromatic hydroxyl groups is 1. The van der Waals surface area contributed by atoms with Crippen molar-refractivity contribution in [1.29, 1.82) is 0 Å². The van der Waals surface area contributed by atoms with E-state index in [0.29, 0.717) is 11.3 Å². The summed E-state index contributed by atoms with van der Waals surface area (Å²) in [6.45, 7) is 1.73. The highest BCUT2D eigenvalue weighted by atomic mass is 19.3. The summed E-state index contributed by atoms with van der Waals surface area (Å²) in [5, 5.41) is 12.9. The predicted octanol–water partition coefficient (Wildman–Crippen LogP) is 4.69. The van der Waals surface area contributed by atoms with Gasteiger partial charge < -0.3 is 10.4 Å². The average Bonchev–Trinajstić information content (AvgIpc) is 2.68. The minimum absolute atomic E-state index is 0.103. The Morgan fingerprint density at radius 1 is 1.04 bits per heavy atom. The number of pyridine rings is 1. The van der Waals surface area contributed by atoms with Crippen LogP contribution in [0.3, 0.4) is 0 Å². The van der Waals surface area contributed by atoms with Crippen LogP contribution in [0.4, 0.5) is 13.2 Å². The van der Waals surface area contributed by atoms with Gasteiger partial charge in [-0.2, -0.15) is 0 Å². The van der Waals surface area contributed by atoms with Crippen LogP contribution in [0.2, 0.25) is 0 Å². The molecule has 0 aliphatic carbocycles. The maximum Gasteiger partial charge on any atom is 0.270 e. The maximum absolute atomic E-state index is 13.8. The number of phenolic OH excluding ortho intramolecular Hbond substituents is 1. The molecule has 1 amide bonds. The number of rotatable bonds is 5. The Kier molecular flexibility index (Phi) is 5.63. The van der Waals surface area contributed by atoms with Gasteiger partial charge in [0.1, 0.15) is 17.3 Å². The number of halogens is 3. The molecule has 7 heteroatoms. The highest BCUT2D eigenvalue weighted by Crippen LogP contribution is 2.31. The first-order valence-corrected chi connectivity index (χ1v) is 8.46. The minimum Gasteiger partial charge on any atom is -0.508 e. The van der Waals surface area contributed by atoms with Crippen LogP contribution in [-0.4, -0.2) is 16.0 Å². The van der Waals surface area contributed by atoms with E-state index in [-0.39, 0.29) is 22.6 Å². The van der Waals surface area contributed by atoms with Crippen LogP contribution in [0.1, 0.15) is 45.3 Å².